The number of nitro benzene ring substituents is 1. The minimum Gasteiger partial charge on any atom is -0.342 e. The van der Waals surface area contributed by atoms with Crippen molar-refractivity contribution >= 4 is 46.6 Å². The number of nitrogens with one attached hydrogen (secondary N) is 2. The molecule has 33 heavy (non-hydrogen) atoms. The third-order valence-electron chi connectivity index (χ3n) is 4.76. The minimum absolute atomic E-state index is 0.0189. The smallest absolute Gasteiger partial charge is 0.271 e. The van der Waals surface area contributed by atoms with Crippen molar-refractivity contribution in [2.45, 2.75) is 25.0 Å². The topological polar surface area (TPSA) is 132 Å². The maximum Gasteiger partial charge on any atom is 0.271 e. The quantitative estimate of drug-likeness (QED) is 0.279. The molecule has 1 heterocycles. The molecule has 1 atom stereocenters. The van der Waals surface area contributed by atoms with Gasteiger partial charge >= 0.3 is 0 Å². The fourth-order valence-electron chi connectivity index (χ4n) is 3.03. The average Bonchev–Trinajstić information content (AvgIpc) is 3.14. The highest BCUT2D eigenvalue weighted by atomic mass is 35.5. The summed E-state index contributed by atoms with van der Waals surface area (Å²) in [6.45, 7) is 3.66. The van der Waals surface area contributed by atoms with Crippen LogP contribution in [0, 0.1) is 17.0 Å². The highest BCUT2D eigenvalue weighted by Crippen LogP contribution is 2.27. The van der Waals surface area contributed by atoms with E-state index in [0.29, 0.717) is 16.5 Å². The van der Waals surface area contributed by atoms with Gasteiger partial charge in [-0.15, -0.1) is 10.2 Å². The standard InChI is InChI=1S/C21H21ClN6O4S/c1-12-6-4-5-7-15(12)20(30)23-13(2)19-25-26-21(27(19)3)33-11-18(29)24-17-10-14(28(31)32)8-9-16(17)22/h4-10,13H,11H2,1-3H3,(H,23,30)(H,24,29). The van der Waals surface area contributed by atoms with Crippen LogP contribution in [0.25, 0.3) is 0 Å². The van der Waals surface area contributed by atoms with Crippen LogP contribution in [0.2, 0.25) is 5.02 Å². The predicted molar refractivity (Wildman–Crippen MR) is 126 cm³/mol. The molecule has 10 nitrogen and oxygen atoms in total. The molecule has 1 aromatic heterocycles. The van der Waals surface area contributed by atoms with Crippen LogP contribution in [-0.4, -0.2) is 37.3 Å². The van der Waals surface area contributed by atoms with E-state index in [2.05, 4.69) is 20.8 Å². The van der Waals surface area contributed by atoms with Crippen molar-refractivity contribution in [3.8, 4) is 0 Å². The maximum absolute atomic E-state index is 12.6. The number of carbonyl (C=O) groups excluding carboxylic acids is 2. The molecule has 0 spiro atoms. The number of anilines is 1. The van der Waals surface area contributed by atoms with Crippen LogP contribution in [0.5, 0.6) is 0 Å². The molecule has 0 saturated heterocycles. The second-order valence-electron chi connectivity index (χ2n) is 7.17. The lowest BCUT2D eigenvalue weighted by Crippen LogP contribution is -2.29. The van der Waals surface area contributed by atoms with E-state index < -0.39 is 16.9 Å². The number of thioether (sulfide) groups is 1. The molecular formula is C21H21ClN6O4S. The van der Waals surface area contributed by atoms with E-state index in [-0.39, 0.29) is 28.1 Å². The number of carbonyl (C=O) groups is 2. The Hall–Kier alpha value is -3.44. The molecular weight excluding hydrogens is 468 g/mol. The summed E-state index contributed by atoms with van der Waals surface area (Å²) in [6, 6.07) is 10.7. The number of hydrogen-bond donors (Lipinski definition) is 2. The number of aryl methyl sites for hydroxylation is 1. The van der Waals surface area contributed by atoms with Crippen molar-refractivity contribution in [3.05, 3.63) is 74.6 Å². The van der Waals surface area contributed by atoms with E-state index in [4.69, 9.17) is 11.6 Å². The SMILES string of the molecule is Cc1ccccc1C(=O)NC(C)c1nnc(SCC(=O)Nc2cc([N+](=O)[O-])ccc2Cl)n1C. The van der Waals surface area contributed by atoms with Crippen LogP contribution in [0.3, 0.4) is 0 Å². The first-order valence-corrected chi connectivity index (χ1v) is 11.2. The molecule has 3 rings (SSSR count). The first-order valence-electron chi connectivity index (χ1n) is 9.79. The number of nitro groups is 1. The van der Waals surface area contributed by atoms with Gasteiger partial charge in [-0.05, 0) is 31.5 Å². The van der Waals surface area contributed by atoms with Gasteiger partial charge in [0.1, 0.15) is 0 Å². The molecule has 2 amide bonds. The monoisotopic (exact) mass is 488 g/mol. The van der Waals surface area contributed by atoms with Crippen LogP contribution < -0.4 is 10.6 Å². The van der Waals surface area contributed by atoms with Gasteiger partial charge in [0.05, 0.1) is 27.4 Å². The fraction of sp³-hybridized carbons (Fsp3) is 0.238. The van der Waals surface area contributed by atoms with E-state index in [1.807, 2.05) is 19.1 Å². The number of rotatable bonds is 8. The molecule has 2 N–H and O–H groups in total. The largest absolute Gasteiger partial charge is 0.342 e. The predicted octanol–water partition coefficient (Wildman–Crippen LogP) is 3.91. The van der Waals surface area contributed by atoms with Gasteiger partial charge in [0, 0.05) is 24.7 Å². The number of hydrogen-bond acceptors (Lipinski definition) is 7. The Morgan fingerprint density at radius 1 is 1.24 bits per heavy atom. The zero-order valence-corrected chi connectivity index (χ0v) is 19.6. The van der Waals surface area contributed by atoms with Crippen LogP contribution >= 0.6 is 23.4 Å². The van der Waals surface area contributed by atoms with Gasteiger partial charge in [-0.25, -0.2) is 0 Å². The first kappa shape index (κ1) is 24.2. The number of benzene rings is 2. The number of aromatic nitrogens is 3. The maximum atomic E-state index is 12.6. The Morgan fingerprint density at radius 2 is 1.97 bits per heavy atom. The van der Waals surface area contributed by atoms with Gasteiger partial charge in [-0.3, -0.25) is 19.7 Å². The summed E-state index contributed by atoms with van der Waals surface area (Å²) in [6.07, 6.45) is 0. The number of amides is 2. The van der Waals surface area contributed by atoms with E-state index in [0.717, 1.165) is 17.3 Å². The molecule has 0 aliphatic carbocycles. The van der Waals surface area contributed by atoms with Crippen molar-refractivity contribution < 1.29 is 14.5 Å². The highest BCUT2D eigenvalue weighted by Gasteiger charge is 2.20. The lowest BCUT2D eigenvalue weighted by Gasteiger charge is -2.14. The van der Waals surface area contributed by atoms with Crippen molar-refractivity contribution in [2.24, 2.45) is 7.05 Å². The van der Waals surface area contributed by atoms with Crippen LogP contribution in [-0.2, 0) is 11.8 Å². The number of non-ortho nitro benzene ring substituents is 1. The molecule has 1 unspecified atom stereocenters. The zero-order valence-electron chi connectivity index (χ0n) is 18.0. The van der Waals surface area contributed by atoms with E-state index in [9.17, 15) is 19.7 Å². The van der Waals surface area contributed by atoms with E-state index >= 15 is 0 Å². The second kappa shape index (κ2) is 10.5. The third kappa shape index (κ3) is 5.88. The van der Waals surface area contributed by atoms with Crippen LogP contribution in [0.1, 0.15) is 34.7 Å². The van der Waals surface area contributed by atoms with Crippen molar-refractivity contribution in [3.63, 3.8) is 0 Å². The molecule has 0 fully saturated rings. The van der Waals surface area contributed by atoms with Gasteiger partial charge in [0.25, 0.3) is 11.6 Å². The first-order chi connectivity index (χ1) is 15.7. The van der Waals surface area contributed by atoms with Gasteiger partial charge < -0.3 is 15.2 Å². The Morgan fingerprint density at radius 3 is 2.67 bits per heavy atom. The number of nitrogens with zero attached hydrogens (tertiary/aromatic N) is 4. The summed E-state index contributed by atoms with van der Waals surface area (Å²) in [7, 11) is 1.74. The average molecular weight is 489 g/mol. The molecule has 0 aliphatic heterocycles. The van der Waals surface area contributed by atoms with E-state index in [1.54, 1.807) is 30.7 Å². The zero-order chi connectivity index (χ0) is 24.1. The summed E-state index contributed by atoms with van der Waals surface area (Å²) >= 11 is 7.15. The summed E-state index contributed by atoms with van der Waals surface area (Å²) in [4.78, 5) is 35.3. The molecule has 12 heteroatoms. The number of halogens is 1. The molecule has 2 aromatic carbocycles. The molecule has 0 saturated carbocycles. The lowest BCUT2D eigenvalue weighted by atomic mass is 10.1. The van der Waals surface area contributed by atoms with Crippen LogP contribution in [0.4, 0.5) is 11.4 Å². The Labute approximate surface area is 198 Å². The van der Waals surface area contributed by atoms with Gasteiger partial charge in [0.15, 0.2) is 11.0 Å². The normalized spacial score (nSPS) is 11.6. The van der Waals surface area contributed by atoms with Crippen LogP contribution in [0.15, 0.2) is 47.6 Å². The molecule has 0 bridgehead atoms. The Balaban J connectivity index is 1.61. The van der Waals surface area contributed by atoms with Crippen molar-refractivity contribution in [1.82, 2.24) is 20.1 Å². The fourth-order valence-corrected chi connectivity index (χ4v) is 3.92. The van der Waals surface area contributed by atoms with Crippen molar-refractivity contribution in [2.75, 3.05) is 11.1 Å². The molecule has 172 valence electrons. The van der Waals surface area contributed by atoms with Crippen molar-refractivity contribution in [1.29, 1.82) is 0 Å². The Kier molecular flexibility index (Phi) is 7.67. The van der Waals surface area contributed by atoms with Gasteiger partial charge in [-0.1, -0.05) is 41.6 Å². The second-order valence-corrected chi connectivity index (χ2v) is 8.52. The van der Waals surface area contributed by atoms with Gasteiger partial charge in [-0.2, -0.15) is 0 Å². The summed E-state index contributed by atoms with van der Waals surface area (Å²) in [5, 5.41) is 25.3. The van der Waals surface area contributed by atoms with E-state index in [1.165, 1.54) is 18.2 Å². The minimum atomic E-state index is -0.569. The summed E-state index contributed by atoms with van der Waals surface area (Å²) < 4.78 is 1.70. The summed E-state index contributed by atoms with van der Waals surface area (Å²) in [5.41, 5.74) is 1.42. The Bertz CT molecular complexity index is 1220. The molecule has 0 aliphatic rings. The summed E-state index contributed by atoms with van der Waals surface area (Å²) in [5.74, 6) is -0.116. The molecule has 0 radical (unpaired) electrons. The molecule has 3 aromatic rings. The van der Waals surface area contributed by atoms with Gasteiger partial charge in [0.2, 0.25) is 5.91 Å². The third-order valence-corrected chi connectivity index (χ3v) is 6.11. The highest BCUT2D eigenvalue weighted by molar-refractivity contribution is 7.99. The lowest BCUT2D eigenvalue weighted by molar-refractivity contribution is -0.384.